The molecule has 0 saturated heterocycles. The molecule has 1 aromatic carbocycles. The Kier molecular flexibility index (Phi) is 10.8. The highest BCUT2D eigenvalue weighted by molar-refractivity contribution is 14.0. The monoisotopic (exact) mass is 479 g/mol. The smallest absolute Gasteiger partial charge is 0.191 e. The number of hydrogen-bond donors (Lipinski definition) is 2. The molecule has 2 N–H and O–H groups in total. The van der Waals surface area contributed by atoms with Crippen LogP contribution in [-0.4, -0.2) is 32.8 Å². The van der Waals surface area contributed by atoms with E-state index in [1.54, 1.807) is 0 Å². The van der Waals surface area contributed by atoms with Crippen molar-refractivity contribution in [3.63, 3.8) is 0 Å². The molecule has 2 rings (SSSR count). The molecule has 4 nitrogen and oxygen atoms in total. The topological polar surface area (TPSA) is 45.6 Å². The van der Waals surface area contributed by atoms with Gasteiger partial charge in [0.15, 0.2) is 5.96 Å². The van der Waals surface area contributed by atoms with Crippen LogP contribution in [0.1, 0.15) is 44.6 Å². The summed E-state index contributed by atoms with van der Waals surface area (Å²) in [5.41, 5.74) is 1.42. The maximum absolute atomic E-state index is 6.21. The Morgan fingerprint density at radius 2 is 1.96 bits per heavy atom. The highest BCUT2D eigenvalue weighted by Gasteiger charge is 2.33. The first-order valence-electron chi connectivity index (χ1n) is 8.95. The van der Waals surface area contributed by atoms with E-state index in [0.717, 1.165) is 42.7 Å². The molecule has 25 heavy (non-hydrogen) atoms. The van der Waals surface area contributed by atoms with Crippen LogP contribution in [0.5, 0.6) is 0 Å². The Morgan fingerprint density at radius 1 is 1.24 bits per heavy atom. The summed E-state index contributed by atoms with van der Waals surface area (Å²) in [7, 11) is 1.81. The van der Waals surface area contributed by atoms with Gasteiger partial charge in [0.2, 0.25) is 0 Å². The van der Waals surface area contributed by atoms with Crippen LogP contribution < -0.4 is 10.6 Å². The second-order valence-electron chi connectivity index (χ2n) is 6.52. The Hall–Kier alpha value is -0.530. The van der Waals surface area contributed by atoms with Gasteiger partial charge in [0.25, 0.3) is 0 Å². The van der Waals surface area contributed by atoms with Gasteiger partial charge >= 0.3 is 0 Å². The van der Waals surface area contributed by atoms with Crippen LogP contribution >= 0.6 is 35.6 Å². The number of ether oxygens (including phenoxy) is 1. The highest BCUT2D eigenvalue weighted by atomic mass is 127. The van der Waals surface area contributed by atoms with Crippen LogP contribution in [0.3, 0.4) is 0 Å². The van der Waals surface area contributed by atoms with Crippen molar-refractivity contribution in [1.82, 2.24) is 10.6 Å². The van der Waals surface area contributed by atoms with E-state index in [9.17, 15) is 0 Å². The molecule has 1 aromatic rings. The van der Waals surface area contributed by atoms with Gasteiger partial charge in [0, 0.05) is 38.4 Å². The van der Waals surface area contributed by atoms with Gasteiger partial charge in [-0.05, 0) is 43.2 Å². The van der Waals surface area contributed by atoms with Crippen LogP contribution in [0.2, 0.25) is 5.02 Å². The van der Waals surface area contributed by atoms with E-state index in [-0.39, 0.29) is 24.0 Å². The molecule has 0 heterocycles. The van der Waals surface area contributed by atoms with Gasteiger partial charge in [-0.25, -0.2) is 0 Å². The number of halogens is 2. The quantitative estimate of drug-likeness (QED) is 0.248. The van der Waals surface area contributed by atoms with E-state index in [4.69, 9.17) is 16.3 Å². The number of guanidine groups is 1. The zero-order chi connectivity index (χ0) is 17.3. The van der Waals surface area contributed by atoms with Gasteiger partial charge in [0.05, 0.1) is 0 Å². The van der Waals surface area contributed by atoms with Crippen molar-refractivity contribution in [2.75, 3.05) is 26.8 Å². The molecule has 0 spiro atoms. The first-order valence-corrected chi connectivity index (χ1v) is 9.32. The van der Waals surface area contributed by atoms with Crippen molar-refractivity contribution in [2.45, 2.75) is 45.6 Å². The fraction of sp³-hybridized carbons (Fsp3) is 0.632. The number of hydrogen-bond acceptors (Lipinski definition) is 2. The third-order valence-electron chi connectivity index (χ3n) is 4.90. The lowest BCUT2D eigenvalue weighted by atomic mass is 9.83. The molecular formula is C19H31ClIN3O. The van der Waals surface area contributed by atoms with E-state index >= 15 is 0 Å². The van der Waals surface area contributed by atoms with Crippen LogP contribution in [-0.2, 0) is 11.3 Å². The van der Waals surface area contributed by atoms with E-state index in [1.165, 1.54) is 25.7 Å². The Morgan fingerprint density at radius 3 is 2.60 bits per heavy atom. The standard InChI is InChI=1S/C19H30ClN3O.HI/c1-3-24-13-12-19(10-6-7-11-19)15-23-18(21-2)22-14-16-8-4-5-9-17(16)20;/h4-5,8-9H,3,6-7,10-15H2,1-2H3,(H2,21,22,23);1H. The normalized spacial score (nSPS) is 16.4. The minimum Gasteiger partial charge on any atom is -0.382 e. The average Bonchev–Trinajstić information content (AvgIpc) is 3.06. The number of aliphatic imine (C=N–C) groups is 1. The van der Waals surface area contributed by atoms with E-state index in [1.807, 2.05) is 31.3 Å². The molecule has 1 aliphatic rings. The van der Waals surface area contributed by atoms with Crippen molar-refractivity contribution in [3.05, 3.63) is 34.9 Å². The van der Waals surface area contributed by atoms with E-state index in [0.29, 0.717) is 12.0 Å². The summed E-state index contributed by atoms with van der Waals surface area (Å²) in [6, 6.07) is 7.89. The molecule has 0 radical (unpaired) electrons. The fourth-order valence-corrected chi connectivity index (χ4v) is 3.59. The summed E-state index contributed by atoms with van der Waals surface area (Å²) >= 11 is 6.21. The molecule has 0 unspecified atom stereocenters. The summed E-state index contributed by atoms with van der Waals surface area (Å²) < 4.78 is 5.58. The largest absolute Gasteiger partial charge is 0.382 e. The van der Waals surface area contributed by atoms with Gasteiger partial charge in [-0.2, -0.15) is 0 Å². The molecule has 1 aliphatic carbocycles. The third-order valence-corrected chi connectivity index (χ3v) is 5.27. The predicted molar refractivity (Wildman–Crippen MR) is 117 cm³/mol. The van der Waals surface area contributed by atoms with Gasteiger partial charge in [-0.15, -0.1) is 24.0 Å². The van der Waals surface area contributed by atoms with Crippen LogP contribution in [0.15, 0.2) is 29.3 Å². The van der Waals surface area contributed by atoms with Gasteiger partial charge in [0.1, 0.15) is 0 Å². The number of nitrogens with one attached hydrogen (secondary N) is 2. The van der Waals surface area contributed by atoms with Crippen molar-refractivity contribution in [2.24, 2.45) is 10.4 Å². The molecule has 0 aliphatic heterocycles. The van der Waals surface area contributed by atoms with Crippen LogP contribution in [0.25, 0.3) is 0 Å². The minimum atomic E-state index is 0. The predicted octanol–water partition coefficient (Wildman–Crippen LogP) is 4.61. The first-order chi connectivity index (χ1) is 11.7. The van der Waals surface area contributed by atoms with E-state index < -0.39 is 0 Å². The summed E-state index contributed by atoms with van der Waals surface area (Å²) in [4.78, 5) is 4.34. The molecule has 0 amide bonds. The lowest BCUT2D eigenvalue weighted by molar-refractivity contribution is 0.105. The number of benzene rings is 1. The molecule has 142 valence electrons. The van der Waals surface area contributed by atoms with Gasteiger partial charge in [-0.3, -0.25) is 4.99 Å². The lowest BCUT2D eigenvalue weighted by Crippen LogP contribution is -2.43. The SMILES string of the molecule is CCOCCC1(CNC(=NC)NCc2ccccc2Cl)CCCC1.I. The van der Waals surface area contributed by atoms with Crippen molar-refractivity contribution in [3.8, 4) is 0 Å². The average molecular weight is 480 g/mol. The molecule has 0 aromatic heterocycles. The maximum Gasteiger partial charge on any atom is 0.191 e. The fourth-order valence-electron chi connectivity index (χ4n) is 3.39. The van der Waals surface area contributed by atoms with Gasteiger partial charge in [-0.1, -0.05) is 42.6 Å². The number of nitrogens with zero attached hydrogens (tertiary/aromatic N) is 1. The molecule has 6 heteroatoms. The van der Waals surface area contributed by atoms with E-state index in [2.05, 4.69) is 22.5 Å². The first kappa shape index (κ1) is 22.5. The zero-order valence-electron chi connectivity index (χ0n) is 15.3. The van der Waals surface area contributed by atoms with Crippen LogP contribution in [0, 0.1) is 5.41 Å². The van der Waals surface area contributed by atoms with Crippen molar-refractivity contribution >= 4 is 41.5 Å². The molecule has 1 saturated carbocycles. The third kappa shape index (κ3) is 7.31. The Balaban J connectivity index is 0.00000312. The molecule has 1 fully saturated rings. The van der Waals surface area contributed by atoms with Crippen molar-refractivity contribution < 1.29 is 4.74 Å². The van der Waals surface area contributed by atoms with Gasteiger partial charge < -0.3 is 15.4 Å². The van der Waals surface area contributed by atoms with Crippen LogP contribution in [0.4, 0.5) is 0 Å². The second-order valence-corrected chi connectivity index (χ2v) is 6.93. The van der Waals surface area contributed by atoms with Crippen molar-refractivity contribution in [1.29, 1.82) is 0 Å². The molecular weight excluding hydrogens is 449 g/mol. The number of rotatable bonds is 8. The minimum absolute atomic E-state index is 0. The Bertz CT molecular complexity index is 533. The summed E-state index contributed by atoms with van der Waals surface area (Å²) in [5.74, 6) is 0.831. The lowest BCUT2D eigenvalue weighted by Gasteiger charge is -2.30. The molecule has 0 atom stereocenters. The molecule has 0 bridgehead atoms. The Labute approximate surface area is 174 Å². The zero-order valence-corrected chi connectivity index (χ0v) is 18.4. The highest BCUT2D eigenvalue weighted by Crippen LogP contribution is 2.40. The summed E-state index contributed by atoms with van der Waals surface area (Å²) in [6.07, 6.45) is 6.30. The summed E-state index contributed by atoms with van der Waals surface area (Å²) in [5, 5.41) is 7.65. The second kappa shape index (κ2) is 12.0. The summed E-state index contributed by atoms with van der Waals surface area (Å²) in [6.45, 7) is 5.32. The maximum atomic E-state index is 6.21.